The number of nitrogens with zero attached hydrogens (tertiary/aromatic N) is 5. The first-order valence-corrected chi connectivity index (χ1v) is 15.2. The molecule has 3 aromatic heterocycles. The van der Waals surface area contributed by atoms with Crippen molar-refractivity contribution in [2.45, 2.75) is 50.3 Å². The number of rotatable bonds is 11. The van der Waals surface area contributed by atoms with Crippen LogP contribution in [0.25, 0.3) is 10.6 Å². The lowest BCUT2D eigenvalue weighted by Crippen LogP contribution is -2.40. The van der Waals surface area contributed by atoms with E-state index in [1.165, 1.54) is 17.8 Å². The molecule has 4 heterocycles. The van der Waals surface area contributed by atoms with Gasteiger partial charge in [-0.25, -0.2) is 18.4 Å². The summed E-state index contributed by atoms with van der Waals surface area (Å²) in [4.78, 5) is 33.7. The van der Waals surface area contributed by atoms with Crippen molar-refractivity contribution in [1.29, 1.82) is 0 Å². The quantitative estimate of drug-likeness (QED) is 0.364. The number of hydrogen-bond donors (Lipinski definition) is 2. The van der Waals surface area contributed by atoms with Crippen molar-refractivity contribution in [3.8, 4) is 16.5 Å². The van der Waals surface area contributed by atoms with Crippen LogP contribution in [-0.4, -0.2) is 70.7 Å². The van der Waals surface area contributed by atoms with Crippen LogP contribution in [0.15, 0.2) is 36.9 Å². The molecule has 1 unspecified atom stereocenters. The standard InChI is InChI=1S/C25H31N7O4S2/c1-2-36-23-15-26-13-20(29-23)22-14-28-25(37-22)24(33)30-21(16-32-10-4-3-5-11-32)19-12-17(8-9-27-19)31-38(34,35)18-6-7-18/h8-9,12-15,18,21H,2-7,10-11,16H2,1H3,(H,27,31)(H,30,33). The van der Waals surface area contributed by atoms with E-state index in [4.69, 9.17) is 4.74 Å². The molecule has 38 heavy (non-hydrogen) atoms. The third-order valence-electron chi connectivity index (χ3n) is 6.41. The van der Waals surface area contributed by atoms with Gasteiger partial charge in [-0.05, 0) is 57.8 Å². The minimum atomic E-state index is -3.41. The average Bonchev–Trinajstić information content (AvgIpc) is 3.67. The molecule has 1 atom stereocenters. The first-order chi connectivity index (χ1) is 18.4. The third-order valence-corrected chi connectivity index (χ3v) is 9.30. The summed E-state index contributed by atoms with van der Waals surface area (Å²) in [5.74, 6) is 0.0807. The van der Waals surface area contributed by atoms with Crippen LogP contribution >= 0.6 is 11.3 Å². The molecule has 1 amide bonds. The molecule has 0 aromatic carbocycles. The van der Waals surface area contributed by atoms with Gasteiger partial charge in [0.25, 0.3) is 5.91 Å². The fraction of sp³-hybridized carbons (Fsp3) is 0.480. The van der Waals surface area contributed by atoms with Crippen molar-refractivity contribution in [3.63, 3.8) is 0 Å². The second kappa shape index (κ2) is 11.7. The fourth-order valence-electron chi connectivity index (χ4n) is 4.34. The smallest absolute Gasteiger partial charge is 0.280 e. The fourth-order valence-corrected chi connectivity index (χ4v) is 6.50. The zero-order chi connectivity index (χ0) is 26.5. The summed E-state index contributed by atoms with van der Waals surface area (Å²) >= 11 is 1.22. The largest absolute Gasteiger partial charge is 0.477 e. The van der Waals surface area contributed by atoms with Gasteiger partial charge < -0.3 is 15.0 Å². The number of likely N-dealkylation sites (tertiary alicyclic amines) is 1. The highest BCUT2D eigenvalue weighted by Crippen LogP contribution is 2.30. The number of carbonyl (C=O) groups is 1. The Bertz CT molecular complexity index is 1370. The number of thiazole rings is 1. The summed E-state index contributed by atoms with van der Waals surface area (Å²) in [6, 6.07) is 2.89. The van der Waals surface area contributed by atoms with E-state index in [0.29, 0.717) is 53.8 Å². The summed E-state index contributed by atoms with van der Waals surface area (Å²) in [6.45, 7) is 4.80. The van der Waals surface area contributed by atoms with E-state index >= 15 is 0 Å². The zero-order valence-corrected chi connectivity index (χ0v) is 22.8. The maximum Gasteiger partial charge on any atom is 0.280 e. The molecule has 202 valence electrons. The monoisotopic (exact) mass is 557 g/mol. The molecule has 0 radical (unpaired) electrons. The maximum atomic E-state index is 13.3. The van der Waals surface area contributed by atoms with E-state index in [-0.39, 0.29) is 16.2 Å². The number of piperidine rings is 1. The Hall–Kier alpha value is -3.16. The van der Waals surface area contributed by atoms with Gasteiger partial charge in [-0.2, -0.15) is 0 Å². The Balaban J connectivity index is 1.35. The Labute approximate surface area is 226 Å². The predicted octanol–water partition coefficient (Wildman–Crippen LogP) is 3.25. The summed E-state index contributed by atoms with van der Waals surface area (Å²) < 4.78 is 33.0. The number of pyridine rings is 1. The normalized spacial score (nSPS) is 17.1. The molecule has 1 aliphatic carbocycles. The van der Waals surface area contributed by atoms with Gasteiger partial charge in [0.1, 0.15) is 5.69 Å². The van der Waals surface area contributed by atoms with Gasteiger partial charge in [-0.3, -0.25) is 19.5 Å². The molecule has 1 saturated carbocycles. The molecule has 1 saturated heterocycles. The second-order valence-electron chi connectivity index (χ2n) is 9.41. The molecule has 2 fully saturated rings. The van der Waals surface area contributed by atoms with Gasteiger partial charge >= 0.3 is 0 Å². The summed E-state index contributed by atoms with van der Waals surface area (Å²) in [6.07, 6.45) is 11.1. The molecule has 13 heteroatoms. The van der Waals surface area contributed by atoms with Crippen LogP contribution < -0.4 is 14.8 Å². The lowest BCUT2D eigenvalue weighted by Gasteiger charge is -2.30. The van der Waals surface area contributed by atoms with E-state index in [1.807, 2.05) is 6.92 Å². The van der Waals surface area contributed by atoms with Crippen molar-refractivity contribution in [2.24, 2.45) is 0 Å². The average molecular weight is 558 g/mol. The number of aromatic nitrogens is 4. The maximum absolute atomic E-state index is 13.3. The van der Waals surface area contributed by atoms with Crippen LogP contribution in [0.4, 0.5) is 5.69 Å². The van der Waals surface area contributed by atoms with E-state index in [2.05, 4.69) is 34.9 Å². The van der Waals surface area contributed by atoms with Crippen molar-refractivity contribution < 1.29 is 17.9 Å². The summed E-state index contributed by atoms with van der Waals surface area (Å²) in [5.41, 5.74) is 1.62. The van der Waals surface area contributed by atoms with Gasteiger partial charge in [-0.15, -0.1) is 11.3 Å². The molecular formula is C25H31N7O4S2. The van der Waals surface area contributed by atoms with E-state index in [9.17, 15) is 13.2 Å². The minimum Gasteiger partial charge on any atom is -0.477 e. The number of carbonyl (C=O) groups excluding carboxylic acids is 1. The minimum absolute atomic E-state index is 0.290. The number of nitrogens with one attached hydrogen (secondary N) is 2. The van der Waals surface area contributed by atoms with Crippen LogP contribution in [-0.2, 0) is 10.0 Å². The van der Waals surface area contributed by atoms with Crippen LogP contribution in [0.5, 0.6) is 5.88 Å². The number of hydrogen-bond acceptors (Lipinski definition) is 10. The van der Waals surface area contributed by atoms with Gasteiger partial charge in [-0.1, -0.05) is 6.42 Å². The molecule has 11 nitrogen and oxygen atoms in total. The molecule has 2 aliphatic rings. The highest BCUT2D eigenvalue weighted by molar-refractivity contribution is 7.93. The van der Waals surface area contributed by atoms with Crippen molar-refractivity contribution >= 4 is 33.0 Å². The number of sulfonamides is 1. The first kappa shape index (κ1) is 26.4. The Morgan fingerprint density at radius 2 is 2.00 bits per heavy atom. The predicted molar refractivity (Wildman–Crippen MR) is 145 cm³/mol. The van der Waals surface area contributed by atoms with Crippen molar-refractivity contribution in [1.82, 2.24) is 30.2 Å². The molecular weight excluding hydrogens is 526 g/mol. The SMILES string of the molecule is CCOc1cncc(-c2cnc(C(=O)NC(CN3CCCCC3)c3cc(NS(=O)(=O)C4CC4)ccn3)s2)n1. The third kappa shape index (κ3) is 6.63. The Morgan fingerprint density at radius 3 is 2.76 bits per heavy atom. The summed E-state index contributed by atoms with van der Waals surface area (Å²) in [7, 11) is -3.41. The molecule has 0 spiro atoms. The Morgan fingerprint density at radius 1 is 1.18 bits per heavy atom. The van der Waals surface area contributed by atoms with Crippen molar-refractivity contribution in [3.05, 3.63) is 47.6 Å². The second-order valence-corrected chi connectivity index (χ2v) is 12.4. The number of anilines is 1. The lowest BCUT2D eigenvalue weighted by molar-refractivity contribution is 0.0918. The Kier molecular flexibility index (Phi) is 8.15. The van der Waals surface area contributed by atoms with E-state index < -0.39 is 16.1 Å². The van der Waals surface area contributed by atoms with Crippen LogP contribution in [0.3, 0.4) is 0 Å². The highest BCUT2D eigenvalue weighted by atomic mass is 32.2. The molecule has 0 bridgehead atoms. The molecule has 3 aromatic rings. The number of amides is 1. The van der Waals surface area contributed by atoms with Gasteiger partial charge in [0.2, 0.25) is 15.9 Å². The van der Waals surface area contributed by atoms with Gasteiger partial charge in [0.15, 0.2) is 5.01 Å². The van der Waals surface area contributed by atoms with Crippen LogP contribution in [0.2, 0.25) is 0 Å². The highest BCUT2D eigenvalue weighted by Gasteiger charge is 2.36. The van der Waals surface area contributed by atoms with Crippen molar-refractivity contribution in [2.75, 3.05) is 31.0 Å². The van der Waals surface area contributed by atoms with Gasteiger partial charge in [0.05, 0.1) is 46.6 Å². The lowest BCUT2D eigenvalue weighted by atomic mass is 10.1. The zero-order valence-electron chi connectivity index (χ0n) is 21.2. The molecule has 1 aliphatic heterocycles. The van der Waals surface area contributed by atoms with Crippen LogP contribution in [0, 0.1) is 0 Å². The van der Waals surface area contributed by atoms with Crippen LogP contribution in [0.1, 0.15) is 60.6 Å². The first-order valence-electron chi connectivity index (χ1n) is 12.8. The molecule has 2 N–H and O–H groups in total. The summed E-state index contributed by atoms with van der Waals surface area (Å²) in [5, 5.41) is 3.04. The van der Waals surface area contributed by atoms with E-state index in [0.717, 1.165) is 25.9 Å². The number of ether oxygens (including phenoxy) is 1. The molecule has 5 rings (SSSR count). The van der Waals surface area contributed by atoms with Gasteiger partial charge in [0, 0.05) is 18.9 Å². The topological polar surface area (TPSA) is 139 Å². The van der Waals surface area contributed by atoms with E-state index in [1.54, 1.807) is 36.9 Å².